The van der Waals surface area contributed by atoms with Crippen molar-refractivity contribution >= 4 is 29.5 Å². The average molecular weight is 417 g/mol. The third kappa shape index (κ3) is 5.94. The Morgan fingerprint density at radius 1 is 1.28 bits per heavy atom. The zero-order valence-corrected chi connectivity index (χ0v) is 18.4. The van der Waals surface area contributed by atoms with E-state index in [1.165, 1.54) is 11.6 Å². The number of benzene rings is 1. The van der Waals surface area contributed by atoms with Crippen LogP contribution in [0.2, 0.25) is 5.15 Å². The summed E-state index contributed by atoms with van der Waals surface area (Å²) in [6.07, 6.45) is 3.42. The maximum atomic E-state index is 12.4. The number of aryl methyl sites for hydroxylation is 2. The maximum Gasteiger partial charge on any atom is 0.244 e. The predicted molar refractivity (Wildman–Crippen MR) is 116 cm³/mol. The van der Waals surface area contributed by atoms with Gasteiger partial charge in [-0.05, 0) is 44.7 Å². The van der Waals surface area contributed by atoms with Crippen LogP contribution in [-0.4, -0.2) is 27.1 Å². The Hall–Kier alpha value is -2.60. The van der Waals surface area contributed by atoms with Crippen LogP contribution in [0.25, 0.3) is 6.08 Å². The topological polar surface area (TPSA) is 90.0 Å². The second kappa shape index (κ2) is 9.27. The molecular formula is C22H29ClN4O2. The predicted octanol–water partition coefficient (Wildman–Crippen LogP) is 3.62. The number of primary amides is 1. The largest absolute Gasteiger partial charge is 0.368 e. The van der Waals surface area contributed by atoms with Crippen LogP contribution in [0.1, 0.15) is 49.6 Å². The van der Waals surface area contributed by atoms with E-state index < -0.39 is 17.4 Å². The minimum atomic E-state index is -1.11. The monoisotopic (exact) mass is 416 g/mol. The molecule has 1 aromatic heterocycles. The van der Waals surface area contributed by atoms with Crippen LogP contribution in [0.4, 0.5) is 0 Å². The molecule has 0 fully saturated rings. The van der Waals surface area contributed by atoms with E-state index in [4.69, 9.17) is 17.3 Å². The van der Waals surface area contributed by atoms with Crippen LogP contribution >= 0.6 is 11.6 Å². The average Bonchev–Trinajstić information content (AvgIpc) is 2.87. The molecule has 0 spiro atoms. The van der Waals surface area contributed by atoms with Crippen LogP contribution in [0, 0.1) is 19.8 Å². The number of nitrogens with two attached hydrogens (primary N) is 1. The molecule has 0 saturated heterocycles. The SMILES string of the molecule is Cc1ccc(Cn2nc(C)c(/C=C/C(=O)NC(C)(CC(C)C)C(N)=O)c2Cl)cc1. The Labute approximate surface area is 177 Å². The molecule has 7 heteroatoms. The molecule has 1 heterocycles. The van der Waals surface area contributed by atoms with Gasteiger partial charge in [0.25, 0.3) is 0 Å². The van der Waals surface area contributed by atoms with E-state index in [0.717, 1.165) is 5.56 Å². The number of rotatable bonds is 8. The molecule has 1 unspecified atom stereocenters. The van der Waals surface area contributed by atoms with Gasteiger partial charge in [-0.1, -0.05) is 55.3 Å². The number of hydrogen-bond acceptors (Lipinski definition) is 3. The number of nitrogens with one attached hydrogen (secondary N) is 1. The summed E-state index contributed by atoms with van der Waals surface area (Å²) in [4.78, 5) is 24.2. The summed E-state index contributed by atoms with van der Waals surface area (Å²) < 4.78 is 1.70. The van der Waals surface area contributed by atoms with E-state index in [-0.39, 0.29) is 5.92 Å². The summed E-state index contributed by atoms with van der Waals surface area (Å²) in [6.45, 7) is 9.98. The molecule has 0 bridgehead atoms. The molecule has 6 nitrogen and oxygen atoms in total. The molecule has 2 rings (SSSR count). The van der Waals surface area contributed by atoms with Crippen LogP contribution in [0.15, 0.2) is 30.3 Å². The van der Waals surface area contributed by atoms with Gasteiger partial charge in [-0.2, -0.15) is 5.10 Å². The summed E-state index contributed by atoms with van der Waals surface area (Å²) in [5.41, 5.74) is 8.04. The van der Waals surface area contributed by atoms with Gasteiger partial charge in [0.2, 0.25) is 11.8 Å². The van der Waals surface area contributed by atoms with E-state index in [2.05, 4.69) is 10.4 Å². The maximum absolute atomic E-state index is 12.4. The molecule has 0 aliphatic rings. The summed E-state index contributed by atoms with van der Waals surface area (Å²) in [6, 6.07) is 8.14. The highest BCUT2D eigenvalue weighted by Crippen LogP contribution is 2.23. The standard InChI is InChI=1S/C22H29ClN4O2/c1-14(2)12-22(5,21(24)29)25-19(28)11-10-18-16(4)26-27(20(18)23)13-17-8-6-15(3)7-9-17/h6-11,14H,12-13H2,1-5H3,(H2,24,29)(H,25,28)/b11-10+. The van der Waals surface area contributed by atoms with E-state index in [1.807, 2.05) is 52.0 Å². The highest BCUT2D eigenvalue weighted by atomic mass is 35.5. The van der Waals surface area contributed by atoms with Gasteiger partial charge >= 0.3 is 0 Å². The van der Waals surface area contributed by atoms with Crippen LogP contribution in [-0.2, 0) is 16.1 Å². The van der Waals surface area contributed by atoms with Crippen molar-refractivity contribution in [2.75, 3.05) is 0 Å². The van der Waals surface area contributed by atoms with Gasteiger partial charge in [0.1, 0.15) is 10.7 Å². The van der Waals surface area contributed by atoms with Crippen molar-refractivity contribution in [1.82, 2.24) is 15.1 Å². The zero-order valence-electron chi connectivity index (χ0n) is 17.6. The first-order chi connectivity index (χ1) is 13.5. The number of carbonyl (C=O) groups is 2. The van der Waals surface area contributed by atoms with Crippen molar-refractivity contribution in [3.05, 3.63) is 57.9 Å². The quantitative estimate of drug-likeness (QED) is 0.644. The van der Waals surface area contributed by atoms with Crippen molar-refractivity contribution in [3.63, 3.8) is 0 Å². The molecule has 3 N–H and O–H groups in total. The number of hydrogen-bond donors (Lipinski definition) is 2. The Kier molecular flexibility index (Phi) is 7.25. The second-order valence-corrected chi connectivity index (χ2v) is 8.41. The van der Waals surface area contributed by atoms with Crippen molar-refractivity contribution in [1.29, 1.82) is 0 Å². The first kappa shape index (κ1) is 22.7. The molecule has 0 aliphatic heterocycles. The van der Waals surface area contributed by atoms with Crippen LogP contribution in [0.3, 0.4) is 0 Å². The summed E-state index contributed by atoms with van der Waals surface area (Å²) >= 11 is 6.49. The van der Waals surface area contributed by atoms with Crippen molar-refractivity contribution < 1.29 is 9.59 Å². The molecule has 0 saturated carbocycles. The number of halogens is 1. The van der Waals surface area contributed by atoms with E-state index in [9.17, 15) is 9.59 Å². The Bertz CT molecular complexity index is 916. The Morgan fingerprint density at radius 2 is 1.90 bits per heavy atom. The molecule has 1 aromatic carbocycles. The zero-order chi connectivity index (χ0) is 21.8. The van der Waals surface area contributed by atoms with E-state index in [0.29, 0.717) is 29.4 Å². The van der Waals surface area contributed by atoms with Gasteiger partial charge in [-0.15, -0.1) is 0 Å². The smallest absolute Gasteiger partial charge is 0.244 e. The van der Waals surface area contributed by atoms with Crippen molar-refractivity contribution in [2.45, 2.75) is 53.1 Å². The van der Waals surface area contributed by atoms with E-state index in [1.54, 1.807) is 17.7 Å². The molecule has 0 radical (unpaired) electrons. The van der Waals surface area contributed by atoms with Gasteiger partial charge in [-0.25, -0.2) is 4.68 Å². The van der Waals surface area contributed by atoms with Gasteiger partial charge in [-0.3, -0.25) is 9.59 Å². The number of nitrogens with zero attached hydrogens (tertiary/aromatic N) is 2. The lowest BCUT2D eigenvalue weighted by Crippen LogP contribution is -2.55. The Morgan fingerprint density at radius 3 is 2.45 bits per heavy atom. The van der Waals surface area contributed by atoms with Crippen molar-refractivity contribution in [2.24, 2.45) is 11.7 Å². The van der Waals surface area contributed by atoms with Crippen LogP contribution < -0.4 is 11.1 Å². The van der Waals surface area contributed by atoms with Gasteiger partial charge in [0, 0.05) is 11.6 Å². The lowest BCUT2D eigenvalue weighted by atomic mass is 9.90. The molecule has 2 amide bonds. The number of amides is 2. The second-order valence-electron chi connectivity index (χ2n) is 8.05. The Balaban J connectivity index is 2.15. The van der Waals surface area contributed by atoms with Crippen LogP contribution in [0.5, 0.6) is 0 Å². The van der Waals surface area contributed by atoms with Crippen molar-refractivity contribution in [3.8, 4) is 0 Å². The fourth-order valence-corrected chi connectivity index (χ4v) is 3.53. The third-order valence-corrected chi connectivity index (χ3v) is 5.12. The number of aromatic nitrogens is 2. The summed E-state index contributed by atoms with van der Waals surface area (Å²) in [5.74, 6) is -0.768. The lowest BCUT2D eigenvalue weighted by Gasteiger charge is -2.28. The minimum Gasteiger partial charge on any atom is -0.368 e. The molecule has 29 heavy (non-hydrogen) atoms. The van der Waals surface area contributed by atoms with Gasteiger partial charge < -0.3 is 11.1 Å². The van der Waals surface area contributed by atoms with Gasteiger partial charge in [0.15, 0.2) is 0 Å². The highest BCUT2D eigenvalue weighted by Gasteiger charge is 2.33. The summed E-state index contributed by atoms with van der Waals surface area (Å²) in [7, 11) is 0. The summed E-state index contributed by atoms with van der Waals surface area (Å²) in [5, 5.41) is 7.64. The first-order valence-corrected chi connectivity index (χ1v) is 9.98. The molecular weight excluding hydrogens is 388 g/mol. The molecule has 156 valence electrons. The van der Waals surface area contributed by atoms with E-state index >= 15 is 0 Å². The molecule has 1 atom stereocenters. The minimum absolute atomic E-state index is 0.202. The highest BCUT2D eigenvalue weighted by molar-refractivity contribution is 6.31. The number of carbonyl (C=O) groups excluding carboxylic acids is 2. The molecule has 2 aromatic rings. The third-order valence-electron chi connectivity index (χ3n) is 4.72. The first-order valence-electron chi connectivity index (χ1n) is 9.60. The molecule has 0 aliphatic carbocycles. The van der Waals surface area contributed by atoms with Gasteiger partial charge in [0.05, 0.1) is 12.2 Å². The fourth-order valence-electron chi connectivity index (χ4n) is 3.23. The lowest BCUT2D eigenvalue weighted by molar-refractivity contribution is -0.129. The fraction of sp³-hybridized carbons (Fsp3) is 0.409. The normalized spacial score (nSPS) is 13.6.